The molecule has 9 aromatic rings. The molecule has 0 amide bonds. The van der Waals surface area contributed by atoms with Crippen LogP contribution in [0.15, 0.2) is 152 Å². The van der Waals surface area contributed by atoms with Crippen LogP contribution in [0.2, 0.25) is 0 Å². The average Bonchev–Trinajstić information content (AvgIpc) is 3.63. The zero-order valence-electron chi connectivity index (χ0n) is 23.2. The molecule has 0 unspecified atom stereocenters. The van der Waals surface area contributed by atoms with Crippen molar-refractivity contribution < 1.29 is 0 Å². The summed E-state index contributed by atoms with van der Waals surface area (Å²) in [5, 5.41) is 7.94. The van der Waals surface area contributed by atoms with Gasteiger partial charge in [-0.05, 0) is 76.5 Å². The van der Waals surface area contributed by atoms with Crippen molar-refractivity contribution in [2.24, 2.45) is 0 Å². The molecule has 0 aliphatic rings. The van der Waals surface area contributed by atoms with Crippen molar-refractivity contribution >= 4 is 90.9 Å². The monoisotopic (exact) mass is 583 g/mol. The van der Waals surface area contributed by atoms with Crippen LogP contribution >= 0.6 is 22.7 Å². The molecule has 2 aromatic heterocycles. The Morgan fingerprint density at radius 1 is 0.349 bits per heavy atom. The number of hydrogen-bond acceptors (Lipinski definition) is 3. The van der Waals surface area contributed by atoms with Crippen LogP contribution in [0.25, 0.3) is 62.2 Å². The standard InChI is InChI=1S/C40H25NS2/c1-2-9-29(10-3-1)41(31-20-22-34-33-12-6-7-13-37(33)42-39(34)25-31)30-18-14-26(15-19-30)28-17-23-38-36(24-28)35-21-16-27-8-4-5-11-32(27)40(35)43-38/h1-25H. The second-order valence-corrected chi connectivity index (χ2v) is 13.1. The SMILES string of the molecule is c1ccc(N(c2ccc(-c3ccc4sc5c6ccccc6ccc5c4c3)cc2)c2ccc3c(c2)sc2ccccc23)cc1. The van der Waals surface area contributed by atoms with Gasteiger partial charge in [0.25, 0.3) is 0 Å². The normalized spacial score (nSPS) is 11.7. The molecule has 0 atom stereocenters. The van der Waals surface area contributed by atoms with Crippen LogP contribution < -0.4 is 4.90 Å². The number of anilines is 3. The second-order valence-electron chi connectivity index (χ2n) is 11.0. The summed E-state index contributed by atoms with van der Waals surface area (Å²) in [6.45, 7) is 0. The fourth-order valence-corrected chi connectivity index (χ4v) is 8.72. The molecule has 202 valence electrons. The molecule has 0 saturated heterocycles. The molecule has 1 nitrogen and oxygen atoms in total. The summed E-state index contributed by atoms with van der Waals surface area (Å²) in [5.41, 5.74) is 5.91. The van der Waals surface area contributed by atoms with Crippen LogP contribution in [0.4, 0.5) is 17.1 Å². The van der Waals surface area contributed by atoms with Crippen LogP contribution in [0.5, 0.6) is 0 Å². The van der Waals surface area contributed by atoms with Crippen LogP contribution in [0.3, 0.4) is 0 Å². The molecule has 7 aromatic carbocycles. The van der Waals surface area contributed by atoms with E-state index in [0.29, 0.717) is 0 Å². The highest BCUT2D eigenvalue weighted by Gasteiger charge is 2.15. The summed E-state index contributed by atoms with van der Waals surface area (Å²) < 4.78 is 5.34. The number of benzene rings is 7. The molecule has 0 radical (unpaired) electrons. The molecule has 2 heterocycles. The molecule has 0 spiro atoms. The molecule has 0 N–H and O–H groups in total. The topological polar surface area (TPSA) is 3.24 Å². The Kier molecular flexibility index (Phi) is 5.62. The van der Waals surface area contributed by atoms with Gasteiger partial charge in [0.05, 0.1) is 0 Å². The first-order chi connectivity index (χ1) is 21.3. The minimum atomic E-state index is 1.14. The highest BCUT2D eigenvalue weighted by Crippen LogP contribution is 2.42. The third-order valence-corrected chi connectivity index (χ3v) is 10.8. The molecule has 0 fully saturated rings. The zero-order chi connectivity index (χ0) is 28.3. The summed E-state index contributed by atoms with van der Waals surface area (Å²) in [4.78, 5) is 2.36. The van der Waals surface area contributed by atoms with Gasteiger partial charge in [-0.2, -0.15) is 0 Å². The maximum Gasteiger partial charge on any atom is 0.0476 e. The zero-order valence-corrected chi connectivity index (χ0v) is 24.8. The molecule has 9 rings (SSSR count). The largest absolute Gasteiger partial charge is 0.310 e. The first-order valence-corrected chi connectivity index (χ1v) is 16.1. The smallest absolute Gasteiger partial charge is 0.0476 e. The number of thiophene rings is 2. The fourth-order valence-electron chi connectivity index (χ4n) is 6.36. The Balaban J connectivity index is 1.13. The van der Waals surface area contributed by atoms with Gasteiger partial charge in [-0.25, -0.2) is 0 Å². The predicted molar refractivity (Wildman–Crippen MR) is 190 cm³/mol. The third kappa shape index (κ3) is 4.04. The summed E-state index contributed by atoms with van der Waals surface area (Å²) in [6.07, 6.45) is 0. The van der Waals surface area contributed by atoms with E-state index in [4.69, 9.17) is 0 Å². The van der Waals surface area contributed by atoms with Gasteiger partial charge in [0.1, 0.15) is 0 Å². The van der Waals surface area contributed by atoms with Gasteiger partial charge in [-0.3, -0.25) is 0 Å². The predicted octanol–water partition coefficient (Wildman–Crippen LogP) is 12.7. The molecule has 0 aliphatic heterocycles. The van der Waals surface area contributed by atoms with Gasteiger partial charge in [-0.1, -0.05) is 97.1 Å². The number of rotatable bonds is 4. The number of nitrogens with zero attached hydrogens (tertiary/aromatic N) is 1. The van der Waals surface area contributed by atoms with Crippen molar-refractivity contribution in [2.45, 2.75) is 0 Å². The Bertz CT molecular complexity index is 2450. The highest BCUT2D eigenvalue weighted by atomic mass is 32.1. The summed E-state index contributed by atoms with van der Waals surface area (Å²) in [5.74, 6) is 0. The van der Waals surface area contributed by atoms with Crippen LogP contribution in [0, 0.1) is 0 Å². The first-order valence-electron chi connectivity index (χ1n) is 14.5. The third-order valence-electron chi connectivity index (χ3n) is 8.46. The number of para-hydroxylation sites is 1. The Hall–Kier alpha value is -4.96. The van der Waals surface area contributed by atoms with Gasteiger partial charge in [0.15, 0.2) is 0 Å². The molecular formula is C40H25NS2. The van der Waals surface area contributed by atoms with Crippen LogP contribution in [-0.2, 0) is 0 Å². The molecule has 0 aliphatic carbocycles. The Labute approximate surface area is 257 Å². The van der Waals surface area contributed by atoms with E-state index >= 15 is 0 Å². The minimum Gasteiger partial charge on any atom is -0.310 e. The maximum atomic E-state index is 2.36. The van der Waals surface area contributed by atoms with Gasteiger partial charge in [-0.15, -0.1) is 22.7 Å². The van der Waals surface area contributed by atoms with E-state index in [1.54, 1.807) is 0 Å². The van der Waals surface area contributed by atoms with Crippen LogP contribution in [0.1, 0.15) is 0 Å². The van der Waals surface area contributed by atoms with Crippen molar-refractivity contribution in [1.82, 2.24) is 0 Å². The van der Waals surface area contributed by atoms with E-state index in [1.165, 1.54) is 62.2 Å². The fraction of sp³-hybridized carbons (Fsp3) is 0. The van der Waals surface area contributed by atoms with E-state index < -0.39 is 0 Å². The van der Waals surface area contributed by atoms with Gasteiger partial charge >= 0.3 is 0 Å². The van der Waals surface area contributed by atoms with E-state index in [9.17, 15) is 0 Å². The highest BCUT2D eigenvalue weighted by molar-refractivity contribution is 7.26. The van der Waals surface area contributed by atoms with Crippen molar-refractivity contribution in [2.75, 3.05) is 4.90 Å². The molecular weight excluding hydrogens is 559 g/mol. The Morgan fingerprint density at radius 3 is 1.88 bits per heavy atom. The number of hydrogen-bond donors (Lipinski definition) is 0. The second kappa shape index (κ2) is 9.81. The van der Waals surface area contributed by atoms with E-state index in [1.807, 2.05) is 22.7 Å². The lowest BCUT2D eigenvalue weighted by Gasteiger charge is -2.25. The van der Waals surface area contributed by atoms with E-state index in [2.05, 4.69) is 157 Å². The number of fused-ring (bicyclic) bond motifs is 8. The van der Waals surface area contributed by atoms with Crippen molar-refractivity contribution in [1.29, 1.82) is 0 Å². The molecule has 0 bridgehead atoms. The minimum absolute atomic E-state index is 1.14. The van der Waals surface area contributed by atoms with Crippen molar-refractivity contribution in [3.8, 4) is 11.1 Å². The lowest BCUT2D eigenvalue weighted by molar-refractivity contribution is 1.29. The van der Waals surface area contributed by atoms with Crippen molar-refractivity contribution in [3.05, 3.63) is 152 Å². The molecule has 43 heavy (non-hydrogen) atoms. The quantitative estimate of drug-likeness (QED) is 0.199. The summed E-state index contributed by atoms with van der Waals surface area (Å²) in [6, 6.07) is 55.4. The van der Waals surface area contributed by atoms with Crippen molar-refractivity contribution in [3.63, 3.8) is 0 Å². The summed E-state index contributed by atoms with van der Waals surface area (Å²) >= 11 is 3.75. The lowest BCUT2D eigenvalue weighted by Crippen LogP contribution is -2.09. The van der Waals surface area contributed by atoms with E-state index in [0.717, 1.165) is 17.1 Å². The van der Waals surface area contributed by atoms with Crippen LogP contribution in [-0.4, -0.2) is 0 Å². The lowest BCUT2D eigenvalue weighted by atomic mass is 10.0. The van der Waals surface area contributed by atoms with Gasteiger partial charge in [0, 0.05) is 57.4 Å². The van der Waals surface area contributed by atoms with Gasteiger partial charge < -0.3 is 4.90 Å². The van der Waals surface area contributed by atoms with Gasteiger partial charge in [0.2, 0.25) is 0 Å². The first kappa shape index (κ1) is 24.6. The van der Waals surface area contributed by atoms with E-state index in [-0.39, 0.29) is 0 Å². The maximum absolute atomic E-state index is 2.36. The average molecular weight is 584 g/mol. The Morgan fingerprint density at radius 2 is 1.00 bits per heavy atom. The summed E-state index contributed by atoms with van der Waals surface area (Å²) in [7, 11) is 0. The molecule has 0 saturated carbocycles. The molecule has 3 heteroatoms.